The van der Waals surface area contributed by atoms with Crippen LogP contribution in [0.1, 0.15) is 433 Å². The number of phosphoric ester groups is 2. The van der Waals surface area contributed by atoms with Crippen LogP contribution >= 0.6 is 15.6 Å². The second-order valence-corrected chi connectivity index (χ2v) is 32.9. The normalized spacial score (nSPS) is 14.4. The maximum atomic E-state index is 13.1. The van der Waals surface area contributed by atoms with E-state index in [1.54, 1.807) is 0 Å². The van der Waals surface area contributed by atoms with Crippen LogP contribution in [0.2, 0.25) is 0 Å². The molecule has 0 heterocycles. The predicted molar refractivity (Wildman–Crippen MR) is 414 cm³/mol. The lowest BCUT2D eigenvalue weighted by atomic mass is 9.99. The Kier molecular flexibility index (Phi) is 72.2. The van der Waals surface area contributed by atoms with Crippen molar-refractivity contribution in [2.45, 2.75) is 452 Å². The maximum Gasteiger partial charge on any atom is 0.472 e. The van der Waals surface area contributed by atoms with Gasteiger partial charge in [0.2, 0.25) is 0 Å². The van der Waals surface area contributed by atoms with Crippen molar-refractivity contribution in [3.05, 3.63) is 0 Å². The van der Waals surface area contributed by atoms with Gasteiger partial charge in [0.1, 0.15) is 19.3 Å². The van der Waals surface area contributed by atoms with Crippen LogP contribution in [-0.4, -0.2) is 96.7 Å². The van der Waals surface area contributed by atoms with Gasteiger partial charge in [0.15, 0.2) is 12.2 Å². The average Bonchev–Trinajstić information content (AvgIpc) is 0.963. The Labute approximate surface area is 619 Å². The summed E-state index contributed by atoms with van der Waals surface area (Å²) in [4.78, 5) is 72.9. The Bertz CT molecular complexity index is 1950. The molecule has 0 aromatic carbocycles. The van der Waals surface area contributed by atoms with Crippen LogP contribution in [0.15, 0.2) is 0 Å². The summed E-state index contributed by atoms with van der Waals surface area (Å²) in [6.45, 7) is 9.64. The van der Waals surface area contributed by atoms with Crippen molar-refractivity contribution in [2.24, 2.45) is 11.8 Å². The number of hydrogen-bond donors (Lipinski definition) is 3. The van der Waals surface area contributed by atoms with E-state index in [2.05, 4.69) is 41.5 Å². The molecule has 0 spiro atoms. The van der Waals surface area contributed by atoms with Crippen molar-refractivity contribution in [3.8, 4) is 0 Å². The zero-order chi connectivity index (χ0) is 74.2. The van der Waals surface area contributed by atoms with Gasteiger partial charge < -0.3 is 33.8 Å². The van der Waals surface area contributed by atoms with Gasteiger partial charge in [0.25, 0.3) is 0 Å². The standard InChI is InChI=1S/C82H160O17P2/c1-7-11-13-15-17-19-21-22-23-24-25-29-32-35-38-42-46-53-59-65-80(85)92-70-77(98-81(86)66-60-54-47-43-39-36-33-30-27-26-28-31-34-37-40-44-50-56-62-74(5)9-3)72-96-100(88,89)94-68-76(83)69-95-101(90,91)97-73-78(99-82(87)67-61-55-49-48-51-57-63-75(6)10-4)71-93-79(84)64-58-52-45-41-20-18-16-14-12-8-2/h74-78,83H,7-73H2,1-6H3,(H,88,89)(H,90,91)/t74?,75?,76-,77-,78-/m1/s1. The molecule has 101 heavy (non-hydrogen) atoms. The predicted octanol–water partition coefficient (Wildman–Crippen LogP) is 24.7. The Hall–Kier alpha value is -1.94. The van der Waals surface area contributed by atoms with Gasteiger partial charge in [-0.15, -0.1) is 0 Å². The highest BCUT2D eigenvalue weighted by atomic mass is 31.2. The van der Waals surface area contributed by atoms with Gasteiger partial charge in [0.05, 0.1) is 26.4 Å². The Morgan fingerprint density at radius 2 is 0.475 bits per heavy atom. The number of rotatable bonds is 81. The van der Waals surface area contributed by atoms with Gasteiger partial charge >= 0.3 is 39.5 Å². The van der Waals surface area contributed by atoms with E-state index >= 15 is 0 Å². The molecule has 600 valence electrons. The Morgan fingerprint density at radius 1 is 0.277 bits per heavy atom. The van der Waals surface area contributed by atoms with Crippen molar-refractivity contribution < 1.29 is 80.2 Å². The van der Waals surface area contributed by atoms with E-state index in [4.69, 9.17) is 37.0 Å². The van der Waals surface area contributed by atoms with Crippen LogP contribution in [-0.2, 0) is 65.4 Å². The molecule has 17 nitrogen and oxygen atoms in total. The molecule has 0 rings (SSSR count). The van der Waals surface area contributed by atoms with Gasteiger partial charge in [0, 0.05) is 25.7 Å². The SMILES string of the molecule is CCCCCCCCCCCCCCCCCCCCCC(=O)OC[C@H](COP(=O)(O)OC[C@@H](O)COP(=O)(O)OC[C@@H](COC(=O)CCCCCCCCCCCC)OC(=O)CCCCCCCCC(C)CC)OC(=O)CCCCCCCCCCCCCCCCCCCCC(C)CC. The first-order valence-corrected chi connectivity index (χ1v) is 45.6. The van der Waals surface area contributed by atoms with E-state index in [9.17, 15) is 43.2 Å². The second-order valence-electron chi connectivity index (χ2n) is 30.0. The first-order chi connectivity index (χ1) is 48.9. The number of esters is 4. The van der Waals surface area contributed by atoms with E-state index in [1.807, 2.05) is 0 Å². The van der Waals surface area contributed by atoms with E-state index in [0.29, 0.717) is 25.7 Å². The molecule has 0 saturated heterocycles. The van der Waals surface area contributed by atoms with Gasteiger partial charge in [-0.1, -0.05) is 382 Å². The van der Waals surface area contributed by atoms with Crippen molar-refractivity contribution in [1.29, 1.82) is 0 Å². The summed E-state index contributed by atoms with van der Waals surface area (Å²) in [7, 11) is -9.92. The van der Waals surface area contributed by atoms with E-state index in [1.165, 1.54) is 250 Å². The van der Waals surface area contributed by atoms with Crippen molar-refractivity contribution in [2.75, 3.05) is 39.6 Å². The van der Waals surface area contributed by atoms with Crippen LogP contribution in [0.25, 0.3) is 0 Å². The summed E-state index contributed by atoms with van der Waals surface area (Å²) in [5, 5.41) is 10.6. The van der Waals surface area contributed by atoms with Gasteiger partial charge in [-0.3, -0.25) is 37.3 Å². The first kappa shape index (κ1) is 99.1. The summed E-state index contributed by atoms with van der Waals surface area (Å²) in [6, 6.07) is 0. The number of unbranched alkanes of at least 4 members (excludes halogenated alkanes) is 49. The van der Waals surface area contributed by atoms with Crippen LogP contribution in [0.3, 0.4) is 0 Å². The molecule has 0 amide bonds. The van der Waals surface area contributed by atoms with E-state index < -0.39 is 97.5 Å². The van der Waals surface area contributed by atoms with Crippen molar-refractivity contribution in [1.82, 2.24) is 0 Å². The summed E-state index contributed by atoms with van der Waals surface area (Å²) in [5.41, 5.74) is 0. The van der Waals surface area contributed by atoms with E-state index in [-0.39, 0.29) is 25.7 Å². The molecule has 0 aliphatic heterocycles. The molecule has 0 bridgehead atoms. The highest BCUT2D eigenvalue weighted by Gasteiger charge is 2.30. The zero-order valence-corrected chi connectivity index (χ0v) is 68.0. The number of carbonyl (C=O) groups excluding carboxylic acids is 4. The highest BCUT2D eigenvalue weighted by molar-refractivity contribution is 7.47. The van der Waals surface area contributed by atoms with Crippen LogP contribution in [0.4, 0.5) is 0 Å². The smallest absolute Gasteiger partial charge is 0.462 e. The Morgan fingerprint density at radius 3 is 0.703 bits per heavy atom. The summed E-state index contributed by atoms with van der Waals surface area (Å²) < 4.78 is 68.7. The summed E-state index contributed by atoms with van der Waals surface area (Å²) >= 11 is 0. The average molecular weight is 1480 g/mol. The number of aliphatic hydroxyl groups excluding tert-OH is 1. The molecular weight excluding hydrogens is 1320 g/mol. The van der Waals surface area contributed by atoms with Crippen molar-refractivity contribution in [3.63, 3.8) is 0 Å². The monoisotopic (exact) mass is 1480 g/mol. The molecule has 0 aromatic heterocycles. The topological polar surface area (TPSA) is 237 Å². The van der Waals surface area contributed by atoms with Crippen LogP contribution in [0.5, 0.6) is 0 Å². The zero-order valence-electron chi connectivity index (χ0n) is 66.2. The van der Waals surface area contributed by atoms with Gasteiger partial charge in [-0.25, -0.2) is 9.13 Å². The molecular formula is C82H160O17P2. The fourth-order valence-corrected chi connectivity index (χ4v) is 14.2. The number of carbonyl (C=O) groups is 4. The third-order valence-corrected chi connectivity index (χ3v) is 21.8. The molecule has 0 fully saturated rings. The number of hydrogen-bond acceptors (Lipinski definition) is 15. The molecule has 7 atom stereocenters. The van der Waals surface area contributed by atoms with Gasteiger partial charge in [-0.05, 0) is 37.5 Å². The molecule has 0 aliphatic carbocycles. The van der Waals surface area contributed by atoms with Gasteiger partial charge in [-0.2, -0.15) is 0 Å². The second kappa shape index (κ2) is 73.6. The number of ether oxygens (including phenoxy) is 4. The lowest BCUT2D eigenvalue weighted by Gasteiger charge is -2.21. The lowest BCUT2D eigenvalue weighted by Crippen LogP contribution is -2.30. The minimum absolute atomic E-state index is 0.103. The highest BCUT2D eigenvalue weighted by Crippen LogP contribution is 2.45. The molecule has 0 aromatic rings. The molecule has 0 saturated carbocycles. The van der Waals surface area contributed by atoms with Crippen molar-refractivity contribution >= 4 is 39.5 Å². The first-order valence-electron chi connectivity index (χ1n) is 42.6. The third kappa shape index (κ3) is 73.4. The molecule has 19 heteroatoms. The maximum absolute atomic E-state index is 13.1. The molecule has 4 unspecified atom stereocenters. The Balaban J connectivity index is 5.18. The van der Waals surface area contributed by atoms with Crippen LogP contribution < -0.4 is 0 Å². The fourth-order valence-electron chi connectivity index (χ4n) is 12.6. The largest absolute Gasteiger partial charge is 0.472 e. The molecule has 0 aliphatic rings. The summed E-state index contributed by atoms with van der Waals surface area (Å²) in [6.07, 6.45) is 64.0. The van der Waals surface area contributed by atoms with E-state index in [0.717, 1.165) is 102 Å². The lowest BCUT2D eigenvalue weighted by molar-refractivity contribution is -0.161. The minimum Gasteiger partial charge on any atom is -0.462 e. The fraction of sp³-hybridized carbons (Fsp3) is 0.951. The molecule has 0 radical (unpaired) electrons. The van der Waals surface area contributed by atoms with Crippen LogP contribution in [0, 0.1) is 11.8 Å². The number of phosphoric acid groups is 2. The third-order valence-electron chi connectivity index (χ3n) is 19.9. The minimum atomic E-state index is -4.96. The summed E-state index contributed by atoms with van der Waals surface area (Å²) in [5.74, 6) is -0.521. The number of aliphatic hydroxyl groups is 1. The molecule has 3 N–H and O–H groups in total. The quantitative estimate of drug-likeness (QED) is 0.0222.